The van der Waals surface area contributed by atoms with Crippen molar-refractivity contribution in [1.82, 2.24) is 15.6 Å². The van der Waals surface area contributed by atoms with E-state index in [1.54, 1.807) is 18.3 Å². The number of carbonyl (C=O) groups is 3. The van der Waals surface area contributed by atoms with Crippen molar-refractivity contribution in [1.29, 1.82) is 0 Å². The minimum atomic E-state index is -1.03. The number of amides is 2. The number of pyridine rings is 1. The third-order valence-electron chi connectivity index (χ3n) is 7.22. The predicted molar refractivity (Wildman–Crippen MR) is 149 cm³/mol. The second-order valence-corrected chi connectivity index (χ2v) is 10.2. The summed E-state index contributed by atoms with van der Waals surface area (Å²) >= 11 is 0. The number of ether oxygens (including phenoxy) is 1. The van der Waals surface area contributed by atoms with E-state index >= 15 is 0 Å². The average Bonchev–Trinajstić information content (AvgIpc) is 2.94. The molecule has 204 valence electrons. The molecule has 0 radical (unpaired) electrons. The van der Waals surface area contributed by atoms with Crippen molar-refractivity contribution in [3.63, 3.8) is 0 Å². The molecule has 0 spiro atoms. The Labute approximate surface area is 228 Å². The van der Waals surface area contributed by atoms with Crippen LogP contribution < -0.4 is 15.4 Å². The zero-order valence-electron chi connectivity index (χ0n) is 22.4. The number of benzene rings is 2. The molecule has 4 rings (SSSR count). The Morgan fingerprint density at radius 3 is 2.46 bits per heavy atom. The molecule has 0 unspecified atom stereocenters. The van der Waals surface area contributed by atoms with Gasteiger partial charge in [0.15, 0.2) is 0 Å². The van der Waals surface area contributed by atoms with Crippen LogP contribution in [0.25, 0.3) is 11.1 Å². The molecule has 1 aliphatic carbocycles. The lowest BCUT2D eigenvalue weighted by Gasteiger charge is -2.28. The molecular formula is C31H35N3O5. The van der Waals surface area contributed by atoms with Crippen LogP contribution in [0.3, 0.4) is 0 Å². The summed E-state index contributed by atoms with van der Waals surface area (Å²) in [5.41, 5.74) is 4.12. The Morgan fingerprint density at radius 2 is 1.74 bits per heavy atom. The molecule has 3 aromatic rings. The molecule has 1 saturated carbocycles. The summed E-state index contributed by atoms with van der Waals surface area (Å²) in [4.78, 5) is 40.6. The minimum absolute atomic E-state index is 0.0758. The molecule has 0 saturated heterocycles. The molecular weight excluding hydrogens is 494 g/mol. The third-order valence-corrected chi connectivity index (χ3v) is 7.22. The highest BCUT2D eigenvalue weighted by molar-refractivity contribution is 5.88. The van der Waals surface area contributed by atoms with E-state index in [-0.39, 0.29) is 30.5 Å². The van der Waals surface area contributed by atoms with Crippen LogP contribution in [0.15, 0.2) is 60.9 Å². The van der Waals surface area contributed by atoms with Crippen LogP contribution >= 0.6 is 0 Å². The topological polar surface area (TPSA) is 118 Å². The van der Waals surface area contributed by atoms with Gasteiger partial charge in [0, 0.05) is 36.1 Å². The van der Waals surface area contributed by atoms with Crippen molar-refractivity contribution in [2.75, 3.05) is 0 Å². The van der Waals surface area contributed by atoms with Gasteiger partial charge in [0.1, 0.15) is 5.75 Å². The first-order valence-electron chi connectivity index (χ1n) is 13.4. The van der Waals surface area contributed by atoms with Crippen LogP contribution in [-0.2, 0) is 17.8 Å². The third kappa shape index (κ3) is 7.89. The molecule has 2 amide bonds. The summed E-state index contributed by atoms with van der Waals surface area (Å²) in [5, 5.41) is 15.1. The van der Waals surface area contributed by atoms with E-state index < -0.39 is 12.1 Å². The number of hydrogen-bond donors (Lipinski definition) is 3. The maximum absolute atomic E-state index is 12.8. The summed E-state index contributed by atoms with van der Waals surface area (Å²) in [6.45, 7) is 4.26. The molecule has 0 bridgehead atoms. The number of nitrogens with zero attached hydrogens (tertiary/aromatic N) is 1. The number of aromatic nitrogens is 1. The molecule has 1 fully saturated rings. The van der Waals surface area contributed by atoms with E-state index in [0.29, 0.717) is 22.8 Å². The second kappa shape index (κ2) is 13.0. The first-order valence-corrected chi connectivity index (χ1v) is 13.4. The fourth-order valence-electron chi connectivity index (χ4n) is 5.02. The zero-order valence-corrected chi connectivity index (χ0v) is 22.4. The number of aromatic carboxylic acids is 1. The summed E-state index contributed by atoms with van der Waals surface area (Å²) in [6.07, 6.45) is 8.45. The van der Waals surface area contributed by atoms with Gasteiger partial charge in [0.05, 0.1) is 12.0 Å². The number of rotatable bonds is 9. The maximum Gasteiger partial charge on any atom is 0.412 e. The van der Waals surface area contributed by atoms with E-state index in [1.807, 2.05) is 43.3 Å². The van der Waals surface area contributed by atoms with Gasteiger partial charge in [0.2, 0.25) is 5.91 Å². The average molecular weight is 530 g/mol. The highest BCUT2D eigenvalue weighted by Gasteiger charge is 2.22. The van der Waals surface area contributed by atoms with E-state index in [1.165, 1.54) is 25.5 Å². The summed E-state index contributed by atoms with van der Waals surface area (Å²) in [7, 11) is 0. The second-order valence-electron chi connectivity index (χ2n) is 10.2. The summed E-state index contributed by atoms with van der Waals surface area (Å²) in [6, 6.07) is 14.5. The first-order chi connectivity index (χ1) is 18.8. The maximum atomic E-state index is 12.8. The van der Waals surface area contributed by atoms with Gasteiger partial charge in [-0.1, -0.05) is 61.2 Å². The molecule has 39 heavy (non-hydrogen) atoms. The quantitative estimate of drug-likeness (QED) is 0.329. The van der Waals surface area contributed by atoms with Crippen molar-refractivity contribution in [3.8, 4) is 16.9 Å². The number of carboxylic acid groups (broad SMARTS) is 1. The molecule has 1 heterocycles. The lowest BCUT2D eigenvalue weighted by molar-refractivity contribution is -0.121. The SMILES string of the molecule is Cc1ccc(OC(=O)NCc2ccc(-c3cncc(C(=O)O)c3)cc2)c(CC(=O)N[C@@H](C)C2CCCCC2)c1. The van der Waals surface area contributed by atoms with Gasteiger partial charge in [-0.2, -0.15) is 0 Å². The number of carbonyl (C=O) groups excluding carboxylic acids is 2. The van der Waals surface area contributed by atoms with Crippen molar-refractivity contribution in [3.05, 3.63) is 83.2 Å². The van der Waals surface area contributed by atoms with Gasteiger partial charge in [-0.15, -0.1) is 0 Å². The standard InChI is InChI=1S/C31H35N3O5/c1-20-8-13-28(25(14-20)16-29(35)34-21(2)23-6-4-3-5-7-23)39-31(38)33-17-22-9-11-24(12-10-22)26-15-27(30(36)37)19-32-18-26/h8-15,18-19,21,23H,3-7,16-17H2,1-2H3,(H,33,38)(H,34,35)(H,36,37)/t21-/m0/s1. The molecule has 8 nitrogen and oxygen atoms in total. The molecule has 8 heteroatoms. The van der Waals surface area contributed by atoms with Crippen molar-refractivity contribution < 1.29 is 24.2 Å². The predicted octanol–water partition coefficient (Wildman–Crippen LogP) is 5.67. The number of aryl methyl sites for hydroxylation is 1. The van der Waals surface area contributed by atoms with Gasteiger partial charge in [0.25, 0.3) is 0 Å². The molecule has 0 aliphatic heterocycles. The fraction of sp³-hybridized carbons (Fsp3) is 0.355. The van der Waals surface area contributed by atoms with E-state index in [0.717, 1.165) is 29.5 Å². The van der Waals surface area contributed by atoms with Crippen LogP contribution in [0.2, 0.25) is 0 Å². The fourth-order valence-corrected chi connectivity index (χ4v) is 5.02. The van der Waals surface area contributed by atoms with Crippen molar-refractivity contribution in [2.24, 2.45) is 5.92 Å². The Bertz CT molecular complexity index is 1320. The first kappa shape index (κ1) is 27.8. The monoisotopic (exact) mass is 529 g/mol. The zero-order chi connectivity index (χ0) is 27.8. The molecule has 1 aromatic heterocycles. The van der Waals surface area contributed by atoms with Gasteiger partial charge in [-0.25, -0.2) is 9.59 Å². The van der Waals surface area contributed by atoms with Crippen molar-refractivity contribution >= 4 is 18.0 Å². The van der Waals surface area contributed by atoms with Crippen LogP contribution in [0.1, 0.15) is 66.1 Å². The Kier molecular flexibility index (Phi) is 9.31. The smallest absolute Gasteiger partial charge is 0.412 e. The van der Waals surface area contributed by atoms with Gasteiger partial charge >= 0.3 is 12.1 Å². The molecule has 1 aliphatic rings. The van der Waals surface area contributed by atoms with E-state index in [4.69, 9.17) is 4.74 Å². The van der Waals surface area contributed by atoms with Crippen LogP contribution in [-0.4, -0.2) is 34.1 Å². The van der Waals surface area contributed by atoms with Gasteiger partial charge in [-0.3, -0.25) is 9.78 Å². The van der Waals surface area contributed by atoms with E-state index in [2.05, 4.69) is 22.5 Å². The normalized spacial score (nSPS) is 14.3. The van der Waals surface area contributed by atoms with Crippen LogP contribution in [0.5, 0.6) is 5.75 Å². The molecule has 3 N–H and O–H groups in total. The van der Waals surface area contributed by atoms with E-state index in [9.17, 15) is 19.5 Å². The number of nitrogens with one attached hydrogen (secondary N) is 2. The summed E-state index contributed by atoms with van der Waals surface area (Å²) < 4.78 is 5.58. The minimum Gasteiger partial charge on any atom is -0.478 e. The van der Waals surface area contributed by atoms with Crippen molar-refractivity contribution in [2.45, 2.75) is 65.0 Å². The Balaban J connectivity index is 1.32. The highest BCUT2D eigenvalue weighted by atomic mass is 16.6. The number of carboxylic acids is 1. The molecule has 1 atom stereocenters. The largest absolute Gasteiger partial charge is 0.478 e. The lowest BCUT2D eigenvalue weighted by Crippen LogP contribution is -2.39. The Hall–Kier alpha value is -4.20. The van der Waals surface area contributed by atoms with Crippen LogP contribution in [0, 0.1) is 12.8 Å². The lowest BCUT2D eigenvalue weighted by atomic mass is 9.84. The highest BCUT2D eigenvalue weighted by Crippen LogP contribution is 2.27. The number of hydrogen-bond acceptors (Lipinski definition) is 5. The molecule has 2 aromatic carbocycles. The van der Waals surface area contributed by atoms with Gasteiger partial charge in [-0.05, 0) is 55.9 Å². The summed E-state index contributed by atoms with van der Waals surface area (Å²) in [5.74, 6) is -0.231. The van der Waals surface area contributed by atoms with Crippen LogP contribution in [0.4, 0.5) is 4.79 Å². The Morgan fingerprint density at radius 1 is 1.00 bits per heavy atom. The van der Waals surface area contributed by atoms with Gasteiger partial charge < -0.3 is 20.5 Å².